The molecule has 0 bridgehead atoms. The minimum atomic E-state index is 0.474. The Kier molecular flexibility index (Phi) is 2.37. The number of aromatic nitrogens is 3. The largest absolute Gasteiger partial charge is 0.497 e. The fourth-order valence-corrected chi connectivity index (χ4v) is 1.91. The third kappa shape index (κ3) is 1.66. The van der Waals surface area contributed by atoms with Crippen LogP contribution in [0.25, 0.3) is 16.6 Å². The highest BCUT2D eigenvalue weighted by Gasteiger charge is 2.06. The van der Waals surface area contributed by atoms with Crippen molar-refractivity contribution >= 4 is 16.6 Å². The lowest BCUT2D eigenvalue weighted by Gasteiger charge is -2.07. The van der Waals surface area contributed by atoms with Gasteiger partial charge in [-0.1, -0.05) is 0 Å². The number of fused-ring (bicyclic) bond motifs is 1. The van der Waals surface area contributed by atoms with Crippen LogP contribution in [-0.4, -0.2) is 21.9 Å². The molecule has 0 spiro atoms. The number of nitrogens with zero attached hydrogens (tertiary/aromatic N) is 3. The van der Waals surface area contributed by atoms with Gasteiger partial charge in [0.15, 0.2) is 5.82 Å². The third-order valence-electron chi connectivity index (χ3n) is 2.78. The Labute approximate surface area is 104 Å². The Bertz CT molecular complexity index is 705. The van der Waals surface area contributed by atoms with E-state index in [9.17, 15) is 0 Å². The van der Waals surface area contributed by atoms with Gasteiger partial charge in [-0.15, -0.1) is 5.10 Å². The number of nitrogen functional groups attached to an aromatic ring is 1. The summed E-state index contributed by atoms with van der Waals surface area (Å²) in [6.07, 6.45) is 3.54. The first-order chi connectivity index (χ1) is 8.78. The van der Waals surface area contributed by atoms with E-state index >= 15 is 0 Å². The fourth-order valence-electron chi connectivity index (χ4n) is 1.91. The highest BCUT2D eigenvalue weighted by molar-refractivity contribution is 5.89. The molecular weight excluding hydrogens is 228 g/mol. The first-order valence-electron chi connectivity index (χ1n) is 5.52. The lowest BCUT2D eigenvalue weighted by molar-refractivity contribution is 0.415. The molecule has 5 heteroatoms. The molecule has 0 saturated carbocycles. The summed E-state index contributed by atoms with van der Waals surface area (Å²) in [7, 11) is 1.65. The van der Waals surface area contributed by atoms with E-state index < -0.39 is 0 Å². The van der Waals surface area contributed by atoms with E-state index in [4.69, 9.17) is 10.5 Å². The van der Waals surface area contributed by atoms with Crippen molar-refractivity contribution in [3.8, 4) is 11.6 Å². The summed E-state index contributed by atoms with van der Waals surface area (Å²) in [6.45, 7) is 0. The van der Waals surface area contributed by atoms with E-state index in [1.807, 2.05) is 24.3 Å². The zero-order valence-electron chi connectivity index (χ0n) is 9.87. The SMILES string of the molecule is COc1ccc2c(-n3ccc(N)n3)nccc2c1. The van der Waals surface area contributed by atoms with Gasteiger partial charge in [0.25, 0.3) is 0 Å². The normalized spacial score (nSPS) is 10.7. The molecule has 3 aromatic rings. The molecule has 0 aliphatic heterocycles. The molecule has 0 aliphatic rings. The van der Waals surface area contributed by atoms with E-state index in [0.717, 1.165) is 22.3 Å². The molecule has 2 aromatic heterocycles. The van der Waals surface area contributed by atoms with Crippen LogP contribution in [0.1, 0.15) is 0 Å². The van der Waals surface area contributed by atoms with Crippen molar-refractivity contribution in [2.45, 2.75) is 0 Å². The van der Waals surface area contributed by atoms with Crippen molar-refractivity contribution < 1.29 is 4.74 Å². The Hall–Kier alpha value is -2.56. The molecule has 3 rings (SSSR count). The maximum Gasteiger partial charge on any atom is 0.161 e. The van der Waals surface area contributed by atoms with Gasteiger partial charge in [0.2, 0.25) is 0 Å². The number of methoxy groups -OCH3 is 1. The average molecular weight is 240 g/mol. The third-order valence-corrected chi connectivity index (χ3v) is 2.78. The van der Waals surface area contributed by atoms with Gasteiger partial charge in [0, 0.05) is 23.8 Å². The molecule has 0 amide bonds. The molecule has 0 radical (unpaired) electrons. The van der Waals surface area contributed by atoms with Crippen molar-refractivity contribution in [3.63, 3.8) is 0 Å². The maximum atomic E-state index is 5.63. The van der Waals surface area contributed by atoms with Gasteiger partial charge in [0.05, 0.1) is 7.11 Å². The lowest BCUT2D eigenvalue weighted by Crippen LogP contribution is -2.00. The van der Waals surface area contributed by atoms with Crippen molar-refractivity contribution in [1.82, 2.24) is 14.8 Å². The van der Waals surface area contributed by atoms with Gasteiger partial charge in [-0.25, -0.2) is 9.67 Å². The van der Waals surface area contributed by atoms with E-state index in [-0.39, 0.29) is 0 Å². The number of rotatable bonds is 2. The van der Waals surface area contributed by atoms with E-state index in [1.54, 1.807) is 30.3 Å². The predicted octanol–water partition coefficient (Wildman–Crippen LogP) is 2.01. The topological polar surface area (TPSA) is 66.0 Å². The number of nitrogens with two attached hydrogens (primary N) is 1. The van der Waals surface area contributed by atoms with E-state index in [0.29, 0.717) is 5.82 Å². The van der Waals surface area contributed by atoms with Crippen LogP contribution in [0, 0.1) is 0 Å². The summed E-state index contributed by atoms with van der Waals surface area (Å²) in [4.78, 5) is 4.35. The Morgan fingerprint density at radius 1 is 1.22 bits per heavy atom. The summed E-state index contributed by atoms with van der Waals surface area (Å²) in [5, 5.41) is 6.23. The van der Waals surface area contributed by atoms with Crippen molar-refractivity contribution in [3.05, 3.63) is 42.7 Å². The van der Waals surface area contributed by atoms with Crippen LogP contribution < -0.4 is 10.5 Å². The van der Waals surface area contributed by atoms with Crippen LogP contribution >= 0.6 is 0 Å². The summed E-state index contributed by atoms with van der Waals surface area (Å²) in [5.41, 5.74) is 5.63. The Morgan fingerprint density at radius 2 is 2.11 bits per heavy atom. The molecule has 18 heavy (non-hydrogen) atoms. The van der Waals surface area contributed by atoms with Crippen LogP contribution in [0.3, 0.4) is 0 Å². The highest BCUT2D eigenvalue weighted by atomic mass is 16.5. The van der Waals surface area contributed by atoms with Crippen LogP contribution in [0.5, 0.6) is 5.75 Å². The molecule has 5 nitrogen and oxygen atoms in total. The minimum Gasteiger partial charge on any atom is -0.497 e. The summed E-state index contributed by atoms with van der Waals surface area (Å²) < 4.78 is 6.88. The van der Waals surface area contributed by atoms with Gasteiger partial charge >= 0.3 is 0 Å². The average Bonchev–Trinajstić information content (AvgIpc) is 2.84. The quantitative estimate of drug-likeness (QED) is 0.744. The second kappa shape index (κ2) is 4.03. The molecule has 0 atom stereocenters. The minimum absolute atomic E-state index is 0.474. The fraction of sp³-hybridized carbons (Fsp3) is 0.0769. The van der Waals surface area contributed by atoms with Gasteiger partial charge in [-0.05, 0) is 29.7 Å². The number of ether oxygens (including phenoxy) is 1. The highest BCUT2D eigenvalue weighted by Crippen LogP contribution is 2.24. The van der Waals surface area contributed by atoms with Crippen molar-refractivity contribution in [2.75, 3.05) is 12.8 Å². The summed E-state index contributed by atoms with van der Waals surface area (Å²) in [6, 6.07) is 9.51. The van der Waals surface area contributed by atoms with E-state index in [2.05, 4.69) is 10.1 Å². The lowest BCUT2D eigenvalue weighted by atomic mass is 10.1. The van der Waals surface area contributed by atoms with E-state index in [1.165, 1.54) is 0 Å². The summed E-state index contributed by atoms with van der Waals surface area (Å²) >= 11 is 0. The molecule has 0 saturated heterocycles. The smallest absolute Gasteiger partial charge is 0.161 e. The number of anilines is 1. The predicted molar refractivity (Wildman–Crippen MR) is 69.8 cm³/mol. The molecule has 2 N–H and O–H groups in total. The van der Waals surface area contributed by atoms with Gasteiger partial charge in [-0.2, -0.15) is 0 Å². The number of hydrogen-bond acceptors (Lipinski definition) is 4. The Morgan fingerprint density at radius 3 is 2.83 bits per heavy atom. The number of hydrogen-bond donors (Lipinski definition) is 1. The van der Waals surface area contributed by atoms with Crippen LogP contribution in [0.15, 0.2) is 42.7 Å². The molecule has 0 aliphatic carbocycles. The number of benzene rings is 1. The van der Waals surface area contributed by atoms with Crippen LogP contribution in [0.4, 0.5) is 5.82 Å². The van der Waals surface area contributed by atoms with Crippen LogP contribution in [0.2, 0.25) is 0 Å². The molecule has 0 fully saturated rings. The van der Waals surface area contributed by atoms with Gasteiger partial charge in [-0.3, -0.25) is 0 Å². The molecule has 90 valence electrons. The molecular formula is C13H12N4O. The zero-order valence-corrected chi connectivity index (χ0v) is 9.87. The molecule has 1 aromatic carbocycles. The zero-order chi connectivity index (χ0) is 12.5. The molecule has 0 unspecified atom stereocenters. The number of pyridine rings is 1. The second-order valence-corrected chi connectivity index (χ2v) is 3.91. The van der Waals surface area contributed by atoms with Crippen molar-refractivity contribution in [2.24, 2.45) is 0 Å². The summed E-state index contributed by atoms with van der Waals surface area (Å²) in [5.74, 6) is 2.05. The van der Waals surface area contributed by atoms with Gasteiger partial charge < -0.3 is 10.5 Å². The maximum absolute atomic E-state index is 5.63. The molecule has 2 heterocycles. The monoisotopic (exact) mass is 240 g/mol. The first kappa shape index (κ1) is 10.6. The first-order valence-corrected chi connectivity index (χ1v) is 5.52. The van der Waals surface area contributed by atoms with Crippen molar-refractivity contribution in [1.29, 1.82) is 0 Å². The Balaban J connectivity index is 2.24. The van der Waals surface area contributed by atoms with Crippen LogP contribution in [-0.2, 0) is 0 Å². The second-order valence-electron chi connectivity index (χ2n) is 3.91. The standard InChI is InChI=1S/C13H12N4O/c1-18-10-2-3-11-9(8-10)4-6-15-13(11)17-7-5-12(14)16-17/h2-8H,1H3,(H2,14,16). The van der Waals surface area contributed by atoms with Gasteiger partial charge in [0.1, 0.15) is 11.6 Å².